The lowest BCUT2D eigenvalue weighted by Gasteiger charge is -2.29. The third-order valence-corrected chi connectivity index (χ3v) is 5.04. The van der Waals surface area contributed by atoms with E-state index in [0.29, 0.717) is 12.0 Å². The quantitative estimate of drug-likeness (QED) is 0.791. The minimum Gasteiger partial charge on any atom is -0.481 e. The molecular weight excluding hydrogens is 226 g/mol. The monoisotopic (exact) mass is 253 g/mol. The fourth-order valence-corrected chi connectivity index (χ4v) is 3.74. The van der Waals surface area contributed by atoms with Crippen molar-refractivity contribution in [1.82, 2.24) is 5.32 Å². The van der Waals surface area contributed by atoms with Gasteiger partial charge in [0.1, 0.15) is 0 Å². The molecule has 3 heteroatoms. The van der Waals surface area contributed by atoms with E-state index in [0.717, 1.165) is 31.7 Å². The van der Waals surface area contributed by atoms with E-state index < -0.39 is 5.97 Å². The number of carboxylic acid groups (broad SMARTS) is 1. The third kappa shape index (κ3) is 3.47. The SMILES string of the molecule is CC(NCC1CCCC1C(=O)O)C1CCCCC1. The molecule has 0 aromatic rings. The minimum absolute atomic E-state index is 0.101. The maximum absolute atomic E-state index is 11.1. The molecule has 2 saturated carbocycles. The van der Waals surface area contributed by atoms with Gasteiger partial charge in [0.15, 0.2) is 0 Å². The summed E-state index contributed by atoms with van der Waals surface area (Å²) in [4.78, 5) is 11.1. The Bertz CT molecular complexity index is 274. The largest absolute Gasteiger partial charge is 0.481 e. The molecule has 0 radical (unpaired) electrons. The number of carbonyl (C=O) groups is 1. The Morgan fingerprint density at radius 1 is 1.17 bits per heavy atom. The van der Waals surface area contributed by atoms with Gasteiger partial charge in [0, 0.05) is 6.04 Å². The summed E-state index contributed by atoms with van der Waals surface area (Å²) in [5, 5.41) is 12.8. The summed E-state index contributed by atoms with van der Waals surface area (Å²) in [6, 6.07) is 0.556. The molecule has 2 aliphatic rings. The van der Waals surface area contributed by atoms with Gasteiger partial charge in [-0.25, -0.2) is 0 Å². The molecule has 0 aromatic heterocycles. The van der Waals surface area contributed by atoms with Gasteiger partial charge in [0.2, 0.25) is 0 Å². The average Bonchev–Trinajstić information content (AvgIpc) is 2.85. The third-order valence-electron chi connectivity index (χ3n) is 5.04. The Balaban J connectivity index is 1.74. The highest BCUT2D eigenvalue weighted by molar-refractivity contribution is 5.70. The Labute approximate surface area is 110 Å². The summed E-state index contributed by atoms with van der Waals surface area (Å²) >= 11 is 0. The first-order valence-corrected chi connectivity index (χ1v) is 7.64. The van der Waals surface area contributed by atoms with Crippen molar-refractivity contribution in [3.63, 3.8) is 0 Å². The predicted molar refractivity (Wildman–Crippen MR) is 72.5 cm³/mol. The summed E-state index contributed by atoms with van der Waals surface area (Å²) in [5.74, 6) is 0.470. The van der Waals surface area contributed by atoms with Crippen LogP contribution >= 0.6 is 0 Å². The number of aliphatic carboxylic acids is 1. The smallest absolute Gasteiger partial charge is 0.306 e. The Kier molecular flexibility index (Phi) is 5.04. The first-order chi connectivity index (χ1) is 8.68. The van der Waals surface area contributed by atoms with Crippen LogP contribution in [0.1, 0.15) is 58.3 Å². The van der Waals surface area contributed by atoms with Crippen LogP contribution in [0.3, 0.4) is 0 Å². The number of carboxylic acids is 1. The molecule has 3 atom stereocenters. The van der Waals surface area contributed by atoms with E-state index in [2.05, 4.69) is 12.2 Å². The van der Waals surface area contributed by atoms with E-state index in [9.17, 15) is 4.79 Å². The molecule has 0 aliphatic heterocycles. The van der Waals surface area contributed by atoms with Gasteiger partial charge in [0.25, 0.3) is 0 Å². The highest BCUT2D eigenvalue weighted by Gasteiger charge is 2.33. The fraction of sp³-hybridized carbons (Fsp3) is 0.933. The molecule has 3 unspecified atom stereocenters. The summed E-state index contributed by atoms with van der Waals surface area (Å²) in [5.41, 5.74) is 0. The first-order valence-electron chi connectivity index (χ1n) is 7.64. The molecular formula is C15H27NO2. The van der Waals surface area contributed by atoms with E-state index in [1.165, 1.54) is 32.1 Å². The molecule has 2 rings (SSSR count). The lowest BCUT2D eigenvalue weighted by atomic mass is 9.84. The number of hydrogen-bond donors (Lipinski definition) is 2. The van der Waals surface area contributed by atoms with E-state index in [1.54, 1.807) is 0 Å². The minimum atomic E-state index is -0.593. The van der Waals surface area contributed by atoms with E-state index >= 15 is 0 Å². The van der Waals surface area contributed by atoms with Crippen molar-refractivity contribution >= 4 is 5.97 Å². The van der Waals surface area contributed by atoms with E-state index in [1.807, 2.05) is 0 Å². The number of rotatable bonds is 5. The summed E-state index contributed by atoms with van der Waals surface area (Å²) in [7, 11) is 0. The fourth-order valence-electron chi connectivity index (χ4n) is 3.74. The van der Waals surface area contributed by atoms with Crippen LogP contribution in [0.5, 0.6) is 0 Å². The Morgan fingerprint density at radius 2 is 1.89 bits per heavy atom. The highest BCUT2D eigenvalue weighted by Crippen LogP contribution is 2.32. The van der Waals surface area contributed by atoms with Crippen LogP contribution in [0.15, 0.2) is 0 Å². The summed E-state index contributed by atoms with van der Waals surface area (Å²) in [6.45, 7) is 3.18. The second-order valence-electron chi connectivity index (χ2n) is 6.23. The molecule has 2 aliphatic carbocycles. The summed E-state index contributed by atoms with van der Waals surface area (Å²) < 4.78 is 0. The van der Waals surface area contributed by atoms with Crippen LogP contribution in [0, 0.1) is 17.8 Å². The highest BCUT2D eigenvalue weighted by atomic mass is 16.4. The number of nitrogens with one attached hydrogen (secondary N) is 1. The lowest BCUT2D eigenvalue weighted by Crippen LogP contribution is -2.39. The van der Waals surface area contributed by atoms with Crippen molar-refractivity contribution in [1.29, 1.82) is 0 Å². The van der Waals surface area contributed by atoms with Crippen LogP contribution in [0.25, 0.3) is 0 Å². The van der Waals surface area contributed by atoms with Gasteiger partial charge in [-0.15, -0.1) is 0 Å². The molecule has 3 nitrogen and oxygen atoms in total. The van der Waals surface area contributed by atoms with Gasteiger partial charge in [-0.1, -0.05) is 25.7 Å². The second-order valence-corrected chi connectivity index (χ2v) is 6.23. The molecule has 0 aromatic carbocycles. The van der Waals surface area contributed by atoms with Crippen molar-refractivity contribution in [3.8, 4) is 0 Å². The van der Waals surface area contributed by atoms with Gasteiger partial charge in [-0.2, -0.15) is 0 Å². The average molecular weight is 253 g/mol. The standard InChI is InChI=1S/C15H27NO2/c1-11(12-6-3-2-4-7-12)16-10-13-8-5-9-14(13)15(17)18/h11-14,16H,2-10H2,1H3,(H,17,18). The second kappa shape index (κ2) is 6.55. The molecule has 0 spiro atoms. The van der Waals surface area contributed by atoms with Gasteiger partial charge in [0.05, 0.1) is 5.92 Å². The van der Waals surface area contributed by atoms with E-state index in [-0.39, 0.29) is 5.92 Å². The van der Waals surface area contributed by atoms with Crippen molar-refractivity contribution in [2.45, 2.75) is 64.3 Å². The van der Waals surface area contributed by atoms with Crippen LogP contribution in [-0.2, 0) is 4.79 Å². The molecule has 2 N–H and O–H groups in total. The maximum Gasteiger partial charge on any atom is 0.306 e. The van der Waals surface area contributed by atoms with Gasteiger partial charge in [-0.05, 0) is 51.0 Å². The molecule has 2 fully saturated rings. The zero-order valence-corrected chi connectivity index (χ0v) is 11.5. The normalized spacial score (nSPS) is 31.4. The molecule has 18 heavy (non-hydrogen) atoms. The van der Waals surface area contributed by atoms with Crippen molar-refractivity contribution in [2.75, 3.05) is 6.54 Å². The lowest BCUT2D eigenvalue weighted by molar-refractivity contribution is -0.142. The number of hydrogen-bond acceptors (Lipinski definition) is 2. The van der Waals surface area contributed by atoms with Gasteiger partial charge in [-0.3, -0.25) is 4.79 Å². The van der Waals surface area contributed by atoms with Gasteiger partial charge < -0.3 is 10.4 Å². The Morgan fingerprint density at radius 3 is 2.56 bits per heavy atom. The topological polar surface area (TPSA) is 49.3 Å². The molecule has 0 heterocycles. The molecule has 0 bridgehead atoms. The van der Waals surface area contributed by atoms with Crippen LogP contribution in [0.4, 0.5) is 0 Å². The van der Waals surface area contributed by atoms with Crippen LogP contribution < -0.4 is 5.32 Å². The van der Waals surface area contributed by atoms with Crippen molar-refractivity contribution < 1.29 is 9.90 Å². The Hall–Kier alpha value is -0.570. The predicted octanol–water partition coefficient (Wildman–Crippen LogP) is 3.05. The van der Waals surface area contributed by atoms with E-state index in [4.69, 9.17) is 5.11 Å². The van der Waals surface area contributed by atoms with Gasteiger partial charge >= 0.3 is 5.97 Å². The van der Waals surface area contributed by atoms with Crippen molar-refractivity contribution in [2.24, 2.45) is 17.8 Å². The first kappa shape index (κ1) is 13.9. The van der Waals surface area contributed by atoms with Crippen LogP contribution in [-0.4, -0.2) is 23.7 Å². The molecule has 0 amide bonds. The zero-order valence-electron chi connectivity index (χ0n) is 11.5. The maximum atomic E-state index is 11.1. The van der Waals surface area contributed by atoms with Crippen molar-refractivity contribution in [3.05, 3.63) is 0 Å². The molecule has 104 valence electrons. The van der Waals surface area contributed by atoms with Crippen LogP contribution in [0.2, 0.25) is 0 Å². The zero-order chi connectivity index (χ0) is 13.0. The molecule has 0 saturated heterocycles. The summed E-state index contributed by atoms with van der Waals surface area (Å²) in [6.07, 6.45) is 9.88.